The van der Waals surface area contributed by atoms with Gasteiger partial charge in [-0.25, -0.2) is 0 Å². The van der Waals surface area contributed by atoms with Gasteiger partial charge in [-0.15, -0.1) is 0 Å². The van der Waals surface area contributed by atoms with Crippen molar-refractivity contribution in [1.82, 2.24) is 5.32 Å². The predicted octanol–water partition coefficient (Wildman–Crippen LogP) is 5.38. The molecule has 1 aliphatic heterocycles. The Morgan fingerprint density at radius 2 is 1.44 bits per heavy atom. The second-order valence-corrected chi connectivity index (χ2v) is 7.53. The van der Waals surface area contributed by atoms with Crippen molar-refractivity contribution in [2.75, 3.05) is 12.1 Å². The molecule has 1 aliphatic carbocycles. The first-order valence-electron chi connectivity index (χ1n) is 9.78. The van der Waals surface area contributed by atoms with Crippen LogP contribution in [0.4, 0.5) is 5.69 Å². The quantitative estimate of drug-likeness (QED) is 0.692. The zero-order valence-corrected chi connectivity index (χ0v) is 15.8. The molecule has 0 bridgehead atoms. The fourth-order valence-electron chi connectivity index (χ4n) is 3.63. The third kappa shape index (κ3) is 6.07. The van der Waals surface area contributed by atoms with Crippen LogP contribution in [0.25, 0.3) is 0 Å². The highest BCUT2D eigenvalue weighted by atomic mass is 32.1. The lowest BCUT2D eigenvalue weighted by molar-refractivity contribution is 0.174. The van der Waals surface area contributed by atoms with Gasteiger partial charge in [0.1, 0.15) is 0 Å². The molecule has 1 saturated carbocycles. The van der Waals surface area contributed by atoms with E-state index in [0.29, 0.717) is 17.9 Å². The predicted molar refractivity (Wildman–Crippen MR) is 106 cm³/mol. The van der Waals surface area contributed by atoms with E-state index in [1.807, 2.05) is 18.2 Å². The lowest BCUT2D eigenvalue weighted by Crippen LogP contribution is -2.37. The van der Waals surface area contributed by atoms with Crippen molar-refractivity contribution in [3.63, 3.8) is 0 Å². The Labute approximate surface area is 156 Å². The summed E-state index contributed by atoms with van der Waals surface area (Å²) in [6.07, 6.45) is 14.7. The van der Waals surface area contributed by atoms with Crippen LogP contribution >= 0.6 is 12.2 Å². The standard InChI is InChI=1S/C20H30N2O2S/c25-20(22-17-12-13-18-19(14-17)24-15-23-18)21-16-10-8-6-4-2-1-3-5-7-9-11-16/h12-14,16H,1-11,15H2,(H2,21,22,25). The average Bonchev–Trinajstić information content (AvgIpc) is 3.05. The molecule has 5 heteroatoms. The minimum atomic E-state index is 0.295. The number of benzene rings is 1. The molecule has 2 N–H and O–H groups in total. The maximum absolute atomic E-state index is 5.54. The number of ether oxygens (including phenoxy) is 2. The molecule has 0 amide bonds. The van der Waals surface area contributed by atoms with Gasteiger partial charge in [-0.1, -0.05) is 57.8 Å². The average molecular weight is 363 g/mol. The first kappa shape index (κ1) is 18.3. The van der Waals surface area contributed by atoms with Gasteiger partial charge < -0.3 is 20.1 Å². The SMILES string of the molecule is S=C(Nc1ccc2c(c1)OCO2)NC1CCCCCCCCCCC1. The highest BCUT2D eigenvalue weighted by molar-refractivity contribution is 7.80. The second-order valence-electron chi connectivity index (χ2n) is 7.12. The van der Waals surface area contributed by atoms with Gasteiger partial charge in [0.05, 0.1) is 0 Å². The van der Waals surface area contributed by atoms with Crippen LogP contribution in [0.2, 0.25) is 0 Å². The molecule has 25 heavy (non-hydrogen) atoms. The lowest BCUT2D eigenvalue weighted by atomic mass is 9.98. The monoisotopic (exact) mass is 362 g/mol. The number of fused-ring (bicyclic) bond motifs is 1. The van der Waals surface area contributed by atoms with Gasteiger partial charge in [0.15, 0.2) is 16.6 Å². The van der Waals surface area contributed by atoms with Crippen LogP contribution < -0.4 is 20.1 Å². The van der Waals surface area contributed by atoms with Gasteiger partial charge in [0.25, 0.3) is 0 Å². The highest BCUT2D eigenvalue weighted by Crippen LogP contribution is 2.34. The number of thiocarbonyl (C=S) groups is 1. The zero-order chi connectivity index (χ0) is 17.3. The Hall–Kier alpha value is -1.49. The Morgan fingerprint density at radius 1 is 0.840 bits per heavy atom. The number of hydrogen-bond donors (Lipinski definition) is 2. The summed E-state index contributed by atoms with van der Waals surface area (Å²) in [6, 6.07) is 6.32. The molecule has 1 aromatic rings. The number of hydrogen-bond acceptors (Lipinski definition) is 3. The minimum absolute atomic E-state index is 0.295. The summed E-state index contributed by atoms with van der Waals surface area (Å²) < 4.78 is 10.8. The van der Waals surface area contributed by atoms with E-state index >= 15 is 0 Å². The summed E-state index contributed by atoms with van der Waals surface area (Å²) >= 11 is 5.54. The number of rotatable bonds is 2. The fraction of sp³-hybridized carbons (Fsp3) is 0.650. The third-order valence-electron chi connectivity index (χ3n) is 5.07. The van der Waals surface area contributed by atoms with E-state index in [1.54, 1.807) is 0 Å². The zero-order valence-electron chi connectivity index (χ0n) is 15.0. The molecule has 2 aliphatic rings. The first-order valence-corrected chi connectivity index (χ1v) is 10.2. The van der Waals surface area contributed by atoms with E-state index < -0.39 is 0 Å². The van der Waals surface area contributed by atoms with Crippen LogP contribution in [-0.4, -0.2) is 17.9 Å². The molecule has 1 heterocycles. The molecule has 0 spiro atoms. The van der Waals surface area contributed by atoms with Crippen molar-refractivity contribution in [2.45, 2.75) is 76.7 Å². The highest BCUT2D eigenvalue weighted by Gasteiger charge is 2.15. The second kappa shape index (κ2) is 9.85. The summed E-state index contributed by atoms with van der Waals surface area (Å²) in [6.45, 7) is 0.295. The van der Waals surface area contributed by atoms with Crippen molar-refractivity contribution in [3.8, 4) is 11.5 Å². The molecule has 0 aromatic heterocycles. The summed E-state index contributed by atoms with van der Waals surface area (Å²) in [7, 11) is 0. The molecule has 0 unspecified atom stereocenters. The Kier molecular flexibility index (Phi) is 7.22. The largest absolute Gasteiger partial charge is 0.454 e. The molecule has 138 valence electrons. The maximum atomic E-state index is 5.54. The molecule has 1 aromatic carbocycles. The summed E-state index contributed by atoms with van der Waals surface area (Å²) in [4.78, 5) is 0. The van der Waals surface area contributed by atoms with Gasteiger partial charge in [0.2, 0.25) is 6.79 Å². The number of anilines is 1. The van der Waals surface area contributed by atoms with Crippen LogP contribution in [-0.2, 0) is 0 Å². The Morgan fingerprint density at radius 3 is 2.12 bits per heavy atom. The molecule has 1 fully saturated rings. The van der Waals surface area contributed by atoms with Crippen molar-refractivity contribution in [1.29, 1.82) is 0 Å². The van der Waals surface area contributed by atoms with Crippen molar-refractivity contribution >= 4 is 23.0 Å². The van der Waals surface area contributed by atoms with Gasteiger partial charge in [-0.3, -0.25) is 0 Å². The van der Waals surface area contributed by atoms with Crippen LogP contribution in [0.3, 0.4) is 0 Å². The summed E-state index contributed by atoms with van der Waals surface area (Å²) in [5, 5.41) is 7.53. The first-order chi connectivity index (χ1) is 12.3. The van der Waals surface area contributed by atoms with Crippen LogP contribution in [0.15, 0.2) is 18.2 Å². The molecule has 0 atom stereocenters. The molecule has 4 nitrogen and oxygen atoms in total. The topological polar surface area (TPSA) is 42.5 Å². The third-order valence-corrected chi connectivity index (χ3v) is 5.29. The van der Waals surface area contributed by atoms with E-state index in [9.17, 15) is 0 Å². The van der Waals surface area contributed by atoms with E-state index in [1.165, 1.54) is 70.6 Å². The molecule has 3 rings (SSSR count). The van der Waals surface area contributed by atoms with Crippen LogP contribution in [0, 0.1) is 0 Å². The van der Waals surface area contributed by atoms with Gasteiger partial charge in [-0.2, -0.15) is 0 Å². The van der Waals surface area contributed by atoms with Crippen molar-refractivity contribution in [2.24, 2.45) is 0 Å². The van der Waals surface area contributed by atoms with Crippen molar-refractivity contribution in [3.05, 3.63) is 18.2 Å². The van der Waals surface area contributed by atoms with E-state index in [-0.39, 0.29) is 0 Å². The van der Waals surface area contributed by atoms with Gasteiger partial charge in [-0.05, 0) is 37.2 Å². The summed E-state index contributed by atoms with van der Waals surface area (Å²) in [5.74, 6) is 1.57. The van der Waals surface area contributed by atoms with E-state index in [0.717, 1.165) is 17.2 Å². The minimum Gasteiger partial charge on any atom is -0.454 e. The molecular formula is C20H30N2O2S. The summed E-state index contributed by atoms with van der Waals surface area (Å²) in [5.41, 5.74) is 0.940. The van der Waals surface area contributed by atoms with Gasteiger partial charge >= 0.3 is 0 Å². The van der Waals surface area contributed by atoms with E-state index in [4.69, 9.17) is 21.7 Å². The Balaban J connectivity index is 1.48. The van der Waals surface area contributed by atoms with Crippen LogP contribution in [0.5, 0.6) is 11.5 Å². The normalized spacial score (nSPS) is 19.5. The molecular weight excluding hydrogens is 332 g/mol. The fourth-order valence-corrected chi connectivity index (χ4v) is 3.92. The molecule has 0 saturated heterocycles. The lowest BCUT2D eigenvalue weighted by Gasteiger charge is -2.21. The molecule has 0 radical (unpaired) electrons. The Bertz CT molecular complexity index is 553. The van der Waals surface area contributed by atoms with Crippen molar-refractivity contribution < 1.29 is 9.47 Å². The van der Waals surface area contributed by atoms with Gasteiger partial charge in [0, 0.05) is 17.8 Å². The smallest absolute Gasteiger partial charge is 0.231 e. The number of nitrogens with one attached hydrogen (secondary N) is 2. The van der Waals surface area contributed by atoms with Crippen LogP contribution in [0.1, 0.15) is 70.6 Å². The van der Waals surface area contributed by atoms with E-state index in [2.05, 4.69) is 10.6 Å². The maximum Gasteiger partial charge on any atom is 0.231 e.